The van der Waals surface area contributed by atoms with Gasteiger partial charge in [0.2, 0.25) is 0 Å². The van der Waals surface area contributed by atoms with Crippen LogP contribution in [0.4, 0.5) is 0 Å². The van der Waals surface area contributed by atoms with Gasteiger partial charge in [-0.15, -0.1) is 0 Å². The summed E-state index contributed by atoms with van der Waals surface area (Å²) in [6.45, 7) is 5.13. The molecular weight excluding hydrogens is 298 g/mol. The summed E-state index contributed by atoms with van der Waals surface area (Å²) in [7, 11) is 0. The van der Waals surface area contributed by atoms with E-state index in [2.05, 4.69) is 15.9 Å². The number of hydrogen-bond donors (Lipinski definition) is 0. The van der Waals surface area contributed by atoms with Crippen LogP contribution in [-0.4, -0.2) is 18.2 Å². The molecule has 0 bridgehead atoms. The number of esters is 1. The molecule has 18 heavy (non-hydrogen) atoms. The maximum Gasteiger partial charge on any atom is 0.344 e. The monoisotopic (exact) mass is 311 g/mol. The van der Waals surface area contributed by atoms with E-state index in [9.17, 15) is 4.79 Å². The Morgan fingerprint density at radius 1 is 1.44 bits per heavy atom. The van der Waals surface area contributed by atoms with Gasteiger partial charge in [-0.1, -0.05) is 15.9 Å². The van der Waals surface area contributed by atoms with Gasteiger partial charge in [0.1, 0.15) is 17.4 Å². The summed E-state index contributed by atoms with van der Waals surface area (Å²) in [4.78, 5) is 11.5. The first kappa shape index (κ1) is 14.5. The molecule has 96 valence electrons. The van der Waals surface area contributed by atoms with Crippen molar-refractivity contribution in [2.75, 3.05) is 6.61 Å². The number of benzene rings is 1. The summed E-state index contributed by atoms with van der Waals surface area (Å²) in [6.07, 6.45) is 0. The second-order valence-corrected chi connectivity index (χ2v) is 5.54. The third-order valence-electron chi connectivity index (χ3n) is 1.83. The molecule has 0 spiro atoms. The predicted molar refractivity (Wildman–Crippen MR) is 70.2 cm³/mol. The maximum absolute atomic E-state index is 11.5. The van der Waals surface area contributed by atoms with E-state index in [0.29, 0.717) is 11.3 Å². The Labute approximate surface area is 115 Å². The number of hydrogen-bond acceptors (Lipinski definition) is 4. The highest BCUT2D eigenvalue weighted by Gasteiger charge is 2.17. The minimum Gasteiger partial charge on any atom is -0.480 e. The molecule has 4 nitrogen and oxygen atoms in total. The van der Waals surface area contributed by atoms with Crippen LogP contribution in [0.2, 0.25) is 0 Å². The molecule has 0 heterocycles. The third kappa shape index (κ3) is 4.76. The van der Waals surface area contributed by atoms with Gasteiger partial charge in [0.25, 0.3) is 0 Å². The molecule has 0 fully saturated rings. The van der Waals surface area contributed by atoms with Crippen LogP contribution in [0.25, 0.3) is 0 Å². The topological polar surface area (TPSA) is 59.3 Å². The standard InChI is InChI=1S/C13H14BrNO3/c1-13(2,3)18-12(16)8-17-11-6-10(14)5-4-9(11)7-15/h4-6H,8H2,1-3H3. The summed E-state index contributed by atoms with van der Waals surface area (Å²) in [5.74, 6) is -0.107. The molecule has 0 N–H and O–H groups in total. The van der Waals surface area contributed by atoms with Gasteiger partial charge in [-0.2, -0.15) is 5.26 Å². The maximum atomic E-state index is 11.5. The molecule has 0 radical (unpaired) electrons. The van der Waals surface area contributed by atoms with Gasteiger partial charge in [0, 0.05) is 4.47 Å². The first-order valence-corrected chi connectivity index (χ1v) is 6.15. The van der Waals surface area contributed by atoms with Crippen LogP contribution >= 0.6 is 15.9 Å². The summed E-state index contributed by atoms with van der Waals surface area (Å²) < 4.78 is 11.2. The van der Waals surface area contributed by atoms with Crippen molar-refractivity contribution in [1.82, 2.24) is 0 Å². The van der Waals surface area contributed by atoms with Crippen LogP contribution in [-0.2, 0) is 9.53 Å². The SMILES string of the molecule is CC(C)(C)OC(=O)COc1cc(Br)ccc1C#N. The lowest BCUT2D eigenvalue weighted by molar-refractivity contribution is -0.157. The minimum absolute atomic E-state index is 0.220. The van der Waals surface area contributed by atoms with Crippen molar-refractivity contribution in [3.63, 3.8) is 0 Å². The fourth-order valence-electron chi connectivity index (χ4n) is 1.22. The Bertz CT molecular complexity index is 486. The minimum atomic E-state index is -0.546. The second-order valence-electron chi connectivity index (χ2n) is 4.63. The first-order chi connectivity index (χ1) is 8.31. The Balaban J connectivity index is 2.67. The average molecular weight is 312 g/mol. The van der Waals surface area contributed by atoms with Gasteiger partial charge in [-0.05, 0) is 39.0 Å². The molecule has 0 atom stereocenters. The molecule has 1 aromatic carbocycles. The summed E-state index contributed by atoms with van der Waals surface area (Å²) in [6, 6.07) is 6.99. The highest BCUT2D eigenvalue weighted by Crippen LogP contribution is 2.23. The zero-order chi connectivity index (χ0) is 13.8. The van der Waals surface area contributed by atoms with Gasteiger partial charge in [0.05, 0.1) is 5.56 Å². The normalized spacial score (nSPS) is 10.6. The Morgan fingerprint density at radius 3 is 2.67 bits per heavy atom. The lowest BCUT2D eigenvalue weighted by Crippen LogP contribution is -2.27. The second kappa shape index (κ2) is 5.87. The van der Waals surface area contributed by atoms with Crippen molar-refractivity contribution in [3.8, 4) is 11.8 Å². The number of nitriles is 1. The van der Waals surface area contributed by atoms with Crippen LogP contribution in [0.3, 0.4) is 0 Å². The molecule has 0 aliphatic carbocycles. The zero-order valence-electron chi connectivity index (χ0n) is 10.5. The Hall–Kier alpha value is -1.54. The van der Waals surface area contributed by atoms with E-state index in [4.69, 9.17) is 14.7 Å². The quantitative estimate of drug-likeness (QED) is 0.805. The molecule has 0 aliphatic rings. The fourth-order valence-corrected chi connectivity index (χ4v) is 1.56. The van der Waals surface area contributed by atoms with E-state index in [-0.39, 0.29) is 6.61 Å². The number of rotatable bonds is 3. The van der Waals surface area contributed by atoms with Crippen LogP contribution in [0.15, 0.2) is 22.7 Å². The number of carbonyl (C=O) groups excluding carboxylic acids is 1. The lowest BCUT2D eigenvalue weighted by Gasteiger charge is -2.19. The smallest absolute Gasteiger partial charge is 0.344 e. The summed E-state index contributed by atoms with van der Waals surface area (Å²) >= 11 is 3.28. The molecule has 0 aromatic heterocycles. The molecule has 0 saturated carbocycles. The number of halogens is 1. The van der Waals surface area contributed by atoms with Crippen molar-refractivity contribution >= 4 is 21.9 Å². The van der Waals surface area contributed by atoms with Gasteiger partial charge < -0.3 is 9.47 Å². The van der Waals surface area contributed by atoms with Crippen LogP contribution in [0.5, 0.6) is 5.75 Å². The molecule has 1 rings (SSSR count). The predicted octanol–water partition coefficient (Wildman–Crippen LogP) is 3.04. The number of nitrogens with zero attached hydrogens (tertiary/aromatic N) is 1. The van der Waals surface area contributed by atoms with Crippen LogP contribution in [0, 0.1) is 11.3 Å². The van der Waals surface area contributed by atoms with E-state index in [1.54, 1.807) is 39.0 Å². The van der Waals surface area contributed by atoms with Crippen molar-refractivity contribution in [3.05, 3.63) is 28.2 Å². The molecule has 1 aromatic rings. The summed E-state index contributed by atoms with van der Waals surface area (Å²) in [5.41, 5.74) is -0.169. The van der Waals surface area contributed by atoms with Gasteiger partial charge in [0.15, 0.2) is 6.61 Å². The lowest BCUT2D eigenvalue weighted by atomic mass is 10.2. The van der Waals surface area contributed by atoms with Crippen molar-refractivity contribution in [2.45, 2.75) is 26.4 Å². The van der Waals surface area contributed by atoms with E-state index in [1.165, 1.54) is 0 Å². The molecule has 5 heteroatoms. The summed E-state index contributed by atoms with van der Waals surface area (Å²) in [5, 5.41) is 8.90. The van der Waals surface area contributed by atoms with Crippen LogP contribution in [0.1, 0.15) is 26.3 Å². The average Bonchev–Trinajstić information content (AvgIpc) is 2.24. The number of ether oxygens (including phenoxy) is 2. The number of carbonyl (C=O) groups is 1. The Morgan fingerprint density at radius 2 is 2.11 bits per heavy atom. The van der Waals surface area contributed by atoms with Crippen molar-refractivity contribution in [2.24, 2.45) is 0 Å². The van der Waals surface area contributed by atoms with E-state index in [0.717, 1.165) is 4.47 Å². The Kier molecular flexibility index (Phi) is 4.74. The molecule has 0 saturated heterocycles. The van der Waals surface area contributed by atoms with E-state index >= 15 is 0 Å². The van der Waals surface area contributed by atoms with Gasteiger partial charge >= 0.3 is 5.97 Å². The largest absolute Gasteiger partial charge is 0.480 e. The fraction of sp³-hybridized carbons (Fsp3) is 0.385. The zero-order valence-corrected chi connectivity index (χ0v) is 12.1. The highest BCUT2D eigenvalue weighted by atomic mass is 79.9. The van der Waals surface area contributed by atoms with Crippen molar-refractivity contribution < 1.29 is 14.3 Å². The molecule has 0 aliphatic heterocycles. The third-order valence-corrected chi connectivity index (χ3v) is 2.32. The highest BCUT2D eigenvalue weighted by molar-refractivity contribution is 9.10. The molecule has 0 amide bonds. The van der Waals surface area contributed by atoms with Crippen LogP contribution < -0.4 is 4.74 Å². The molecule has 0 unspecified atom stereocenters. The molecular formula is C13H14BrNO3. The van der Waals surface area contributed by atoms with E-state index < -0.39 is 11.6 Å². The van der Waals surface area contributed by atoms with Crippen molar-refractivity contribution in [1.29, 1.82) is 5.26 Å². The van der Waals surface area contributed by atoms with Gasteiger partial charge in [-0.25, -0.2) is 4.79 Å². The van der Waals surface area contributed by atoms with E-state index in [1.807, 2.05) is 6.07 Å². The first-order valence-electron chi connectivity index (χ1n) is 5.36. The van der Waals surface area contributed by atoms with Gasteiger partial charge in [-0.3, -0.25) is 0 Å².